The Morgan fingerprint density at radius 3 is 2.47 bits per heavy atom. The molecule has 1 aromatic rings. The van der Waals surface area contributed by atoms with E-state index in [0.29, 0.717) is 13.1 Å². The fourth-order valence-corrected chi connectivity index (χ4v) is 1.67. The zero-order chi connectivity index (χ0) is 13.1. The second-order valence-electron chi connectivity index (χ2n) is 4.97. The van der Waals surface area contributed by atoms with E-state index in [1.165, 1.54) is 11.1 Å². The molecule has 0 radical (unpaired) electrons. The number of carbonyl (C=O) groups excluding carboxylic acids is 1. The van der Waals surface area contributed by atoms with E-state index in [-0.39, 0.29) is 5.91 Å². The Morgan fingerprint density at radius 1 is 1.29 bits per heavy atom. The predicted molar refractivity (Wildman–Crippen MR) is 71.0 cm³/mol. The molecule has 0 unspecified atom stereocenters. The van der Waals surface area contributed by atoms with Crippen LogP contribution in [-0.4, -0.2) is 19.0 Å². The summed E-state index contributed by atoms with van der Waals surface area (Å²) in [6.45, 7) is 8.99. The third-order valence-electron chi connectivity index (χ3n) is 3.23. The summed E-state index contributed by atoms with van der Waals surface area (Å²) in [7, 11) is 0. The van der Waals surface area contributed by atoms with Crippen molar-refractivity contribution in [1.82, 2.24) is 5.32 Å². The van der Waals surface area contributed by atoms with Crippen molar-refractivity contribution in [3.8, 4) is 0 Å². The average molecular weight is 234 g/mol. The Bertz CT molecular complexity index is 411. The minimum atomic E-state index is -0.520. The number of carbonyl (C=O) groups is 1. The highest BCUT2D eigenvalue weighted by Gasteiger charge is 2.29. The van der Waals surface area contributed by atoms with Crippen LogP contribution in [0.4, 0.5) is 0 Å². The van der Waals surface area contributed by atoms with E-state index in [1.54, 1.807) is 0 Å². The molecule has 3 nitrogen and oxygen atoms in total. The maximum Gasteiger partial charge on any atom is 0.230 e. The van der Waals surface area contributed by atoms with Gasteiger partial charge in [-0.2, -0.15) is 0 Å². The molecule has 0 aliphatic rings. The van der Waals surface area contributed by atoms with E-state index in [4.69, 9.17) is 5.73 Å². The van der Waals surface area contributed by atoms with Crippen LogP contribution in [0.3, 0.4) is 0 Å². The standard InChI is InChI=1S/C14H22N2O/c1-10-5-6-12(9-11(10)2)14(3,4)13(17)16-8-7-15/h5-6,9H,7-8,15H2,1-4H3,(H,16,17). The summed E-state index contributed by atoms with van der Waals surface area (Å²) in [6, 6.07) is 6.16. The van der Waals surface area contributed by atoms with Crippen molar-refractivity contribution in [1.29, 1.82) is 0 Å². The average Bonchev–Trinajstić information content (AvgIpc) is 2.29. The van der Waals surface area contributed by atoms with Crippen molar-refractivity contribution in [3.63, 3.8) is 0 Å². The topological polar surface area (TPSA) is 55.1 Å². The van der Waals surface area contributed by atoms with Gasteiger partial charge < -0.3 is 11.1 Å². The molecule has 0 aromatic heterocycles. The molecule has 0 fully saturated rings. The molecule has 0 aliphatic carbocycles. The summed E-state index contributed by atoms with van der Waals surface area (Å²) in [5.74, 6) is 0.0196. The molecule has 17 heavy (non-hydrogen) atoms. The lowest BCUT2D eigenvalue weighted by Crippen LogP contribution is -2.42. The first-order valence-corrected chi connectivity index (χ1v) is 5.95. The van der Waals surface area contributed by atoms with Crippen LogP contribution in [0.2, 0.25) is 0 Å². The van der Waals surface area contributed by atoms with E-state index in [2.05, 4.69) is 31.3 Å². The van der Waals surface area contributed by atoms with Crippen LogP contribution in [0.15, 0.2) is 18.2 Å². The van der Waals surface area contributed by atoms with E-state index in [0.717, 1.165) is 5.56 Å². The van der Waals surface area contributed by atoms with Crippen LogP contribution in [0.5, 0.6) is 0 Å². The smallest absolute Gasteiger partial charge is 0.230 e. The van der Waals surface area contributed by atoms with Gasteiger partial charge >= 0.3 is 0 Å². The first-order chi connectivity index (χ1) is 7.89. The maximum atomic E-state index is 12.1. The molecular weight excluding hydrogens is 212 g/mol. The van der Waals surface area contributed by atoms with E-state index in [1.807, 2.05) is 19.9 Å². The van der Waals surface area contributed by atoms with Gasteiger partial charge in [0.05, 0.1) is 5.41 Å². The molecule has 1 amide bonds. The zero-order valence-corrected chi connectivity index (χ0v) is 11.1. The summed E-state index contributed by atoms with van der Waals surface area (Å²) in [5, 5.41) is 2.84. The molecule has 0 atom stereocenters. The quantitative estimate of drug-likeness (QED) is 0.832. The lowest BCUT2D eigenvalue weighted by atomic mass is 9.82. The van der Waals surface area contributed by atoms with Gasteiger partial charge in [0, 0.05) is 13.1 Å². The third-order valence-corrected chi connectivity index (χ3v) is 3.23. The van der Waals surface area contributed by atoms with Gasteiger partial charge in [-0.15, -0.1) is 0 Å². The van der Waals surface area contributed by atoms with Gasteiger partial charge in [0.25, 0.3) is 0 Å². The number of hydrogen-bond acceptors (Lipinski definition) is 2. The van der Waals surface area contributed by atoms with E-state index in [9.17, 15) is 4.79 Å². The molecule has 1 aromatic carbocycles. The van der Waals surface area contributed by atoms with Crippen LogP contribution in [0.25, 0.3) is 0 Å². The number of nitrogens with two attached hydrogens (primary N) is 1. The molecule has 0 aliphatic heterocycles. The van der Waals surface area contributed by atoms with Gasteiger partial charge in [0.1, 0.15) is 0 Å². The molecule has 0 saturated carbocycles. The van der Waals surface area contributed by atoms with Crippen molar-refractivity contribution in [3.05, 3.63) is 34.9 Å². The van der Waals surface area contributed by atoms with Gasteiger partial charge in [-0.3, -0.25) is 4.79 Å². The number of benzene rings is 1. The van der Waals surface area contributed by atoms with Crippen molar-refractivity contribution in [2.75, 3.05) is 13.1 Å². The number of hydrogen-bond donors (Lipinski definition) is 2. The molecule has 0 saturated heterocycles. The third kappa shape index (κ3) is 3.07. The second-order valence-corrected chi connectivity index (χ2v) is 4.97. The van der Waals surface area contributed by atoms with Gasteiger partial charge in [-0.1, -0.05) is 18.2 Å². The fourth-order valence-electron chi connectivity index (χ4n) is 1.67. The van der Waals surface area contributed by atoms with E-state index < -0.39 is 5.41 Å². The van der Waals surface area contributed by atoms with Crippen LogP contribution < -0.4 is 11.1 Å². The van der Waals surface area contributed by atoms with Crippen LogP contribution in [0, 0.1) is 13.8 Å². The lowest BCUT2D eigenvalue weighted by Gasteiger charge is -2.25. The first kappa shape index (κ1) is 13.7. The Balaban J connectivity index is 2.95. The molecule has 0 spiro atoms. The van der Waals surface area contributed by atoms with Gasteiger partial charge in [-0.25, -0.2) is 0 Å². The highest BCUT2D eigenvalue weighted by atomic mass is 16.2. The van der Waals surface area contributed by atoms with Crippen LogP contribution in [-0.2, 0) is 10.2 Å². The Kier molecular flexibility index (Phi) is 4.29. The molecular formula is C14H22N2O. The summed E-state index contributed by atoms with van der Waals surface area (Å²) < 4.78 is 0. The number of amides is 1. The fraction of sp³-hybridized carbons (Fsp3) is 0.500. The SMILES string of the molecule is Cc1ccc(C(C)(C)C(=O)NCCN)cc1C. The molecule has 94 valence electrons. The first-order valence-electron chi connectivity index (χ1n) is 5.95. The Morgan fingerprint density at radius 2 is 1.94 bits per heavy atom. The van der Waals surface area contributed by atoms with Crippen molar-refractivity contribution in [2.24, 2.45) is 5.73 Å². The Hall–Kier alpha value is -1.35. The van der Waals surface area contributed by atoms with Crippen molar-refractivity contribution < 1.29 is 4.79 Å². The van der Waals surface area contributed by atoms with Crippen LogP contribution >= 0.6 is 0 Å². The van der Waals surface area contributed by atoms with Crippen LogP contribution in [0.1, 0.15) is 30.5 Å². The number of aryl methyl sites for hydroxylation is 2. The maximum absolute atomic E-state index is 12.1. The summed E-state index contributed by atoms with van der Waals surface area (Å²) in [4.78, 5) is 12.1. The Labute approximate surface area is 103 Å². The molecule has 0 bridgehead atoms. The molecule has 0 heterocycles. The summed E-state index contributed by atoms with van der Waals surface area (Å²) >= 11 is 0. The van der Waals surface area contributed by atoms with Crippen molar-refractivity contribution >= 4 is 5.91 Å². The molecule has 3 heteroatoms. The predicted octanol–water partition coefficient (Wildman–Crippen LogP) is 1.66. The normalized spacial score (nSPS) is 11.4. The van der Waals surface area contributed by atoms with Gasteiger partial charge in [0.2, 0.25) is 5.91 Å². The zero-order valence-electron chi connectivity index (χ0n) is 11.1. The van der Waals surface area contributed by atoms with Crippen molar-refractivity contribution in [2.45, 2.75) is 33.1 Å². The summed E-state index contributed by atoms with van der Waals surface area (Å²) in [6.07, 6.45) is 0. The highest BCUT2D eigenvalue weighted by molar-refractivity contribution is 5.87. The highest BCUT2D eigenvalue weighted by Crippen LogP contribution is 2.25. The monoisotopic (exact) mass is 234 g/mol. The van der Waals surface area contributed by atoms with Gasteiger partial charge in [-0.05, 0) is 44.4 Å². The minimum absolute atomic E-state index is 0.0196. The number of nitrogens with one attached hydrogen (secondary N) is 1. The number of rotatable bonds is 4. The second kappa shape index (κ2) is 5.32. The molecule has 1 rings (SSSR count). The van der Waals surface area contributed by atoms with Gasteiger partial charge in [0.15, 0.2) is 0 Å². The van der Waals surface area contributed by atoms with E-state index >= 15 is 0 Å². The minimum Gasteiger partial charge on any atom is -0.354 e. The largest absolute Gasteiger partial charge is 0.354 e. The lowest BCUT2D eigenvalue weighted by molar-refractivity contribution is -0.125. The summed E-state index contributed by atoms with van der Waals surface area (Å²) in [5.41, 5.74) is 8.36. The molecule has 3 N–H and O–H groups in total.